The van der Waals surface area contributed by atoms with E-state index in [9.17, 15) is 0 Å². The van der Waals surface area contributed by atoms with E-state index in [0.29, 0.717) is 17.0 Å². The molecule has 100 valence electrons. The molecule has 1 aliphatic heterocycles. The summed E-state index contributed by atoms with van der Waals surface area (Å²) in [5.74, 6) is 1.41. The van der Waals surface area contributed by atoms with E-state index >= 15 is 0 Å². The lowest BCUT2D eigenvalue weighted by Crippen LogP contribution is -2.48. The van der Waals surface area contributed by atoms with Crippen LogP contribution in [0.4, 0.5) is 0 Å². The van der Waals surface area contributed by atoms with Crippen molar-refractivity contribution >= 4 is 11.6 Å². The molecule has 3 nitrogen and oxygen atoms in total. The molecule has 0 radical (unpaired) electrons. The predicted molar refractivity (Wildman–Crippen MR) is 75.5 cm³/mol. The molecule has 1 unspecified atom stereocenters. The fourth-order valence-electron chi connectivity index (χ4n) is 2.63. The summed E-state index contributed by atoms with van der Waals surface area (Å²) in [5.41, 5.74) is 2.54. The van der Waals surface area contributed by atoms with Crippen molar-refractivity contribution in [3.63, 3.8) is 0 Å². The van der Waals surface area contributed by atoms with E-state index in [2.05, 4.69) is 37.3 Å². The molecular formula is C14H21ClN2O. The molecule has 0 aliphatic carbocycles. The first-order chi connectivity index (χ1) is 8.54. The molecule has 0 aromatic heterocycles. The van der Waals surface area contributed by atoms with Crippen LogP contribution in [0.3, 0.4) is 0 Å². The summed E-state index contributed by atoms with van der Waals surface area (Å²) in [4.78, 5) is 2.27. The van der Waals surface area contributed by atoms with Gasteiger partial charge in [-0.1, -0.05) is 11.6 Å². The number of halogens is 1. The van der Waals surface area contributed by atoms with E-state index in [1.807, 2.05) is 6.07 Å². The zero-order valence-corrected chi connectivity index (χ0v) is 12.2. The molecule has 1 aliphatic rings. The van der Waals surface area contributed by atoms with E-state index in [1.165, 1.54) is 11.1 Å². The number of benzene rings is 1. The first-order valence-electron chi connectivity index (χ1n) is 6.25. The second-order valence-corrected chi connectivity index (χ2v) is 5.58. The van der Waals surface area contributed by atoms with Gasteiger partial charge in [0.25, 0.3) is 0 Å². The van der Waals surface area contributed by atoms with Gasteiger partial charge in [-0.15, -0.1) is 0 Å². The van der Waals surface area contributed by atoms with Crippen LogP contribution < -0.4 is 10.1 Å². The molecule has 1 saturated heterocycles. The molecule has 0 saturated carbocycles. The Labute approximate surface area is 114 Å². The van der Waals surface area contributed by atoms with Crippen molar-refractivity contribution in [2.24, 2.45) is 5.92 Å². The second-order valence-electron chi connectivity index (χ2n) is 5.17. The van der Waals surface area contributed by atoms with Crippen LogP contribution in [-0.2, 0) is 0 Å². The third-order valence-corrected chi connectivity index (χ3v) is 3.97. The Balaban J connectivity index is 2.38. The summed E-state index contributed by atoms with van der Waals surface area (Å²) in [5, 5.41) is 4.03. The molecule has 1 N–H and O–H groups in total. The lowest BCUT2D eigenvalue weighted by molar-refractivity contribution is 0.160. The minimum absolute atomic E-state index is 0.412. The average Bonchev–Trinajstić information content (AvgIpc) is 2.25. The number of nitrogens with one attached hydrogen (secondary N) is 1. The summed E-state index contributed by atoms with van der Waals surface area (Å²) < 4.78 is 5.26. The molecular weight excluding hydrogens is 248 g/mol. The Bertz CT molecular complexity index is 430. The van der Waals surface area contributed by atoms with E-state index in [1.54, 1.807) is 7.11 Å². The van der Waals surface area contributed by atoms with Gasteiger partial charge in [0.15, 0.2) is 0 Å². The summed E-state index contributed by atoms with van der Waals surface area (Å²) >= 11 is 6.26. The number of methoxy groups -OCH3 is 1. The second kappa shape index (κ2) is 5.47. The molecule has 4 heteroatoms. The number of rotatable bonds is 4. The van der Waals surface area contributed by atoms with E-state index < -0.39 is 0 Å². The molecule has 0 spiro atoms. The highest BCUT2D eigenvalue weighted by Crippen LogP contribution is 2.36. The highest BCUT2D eigenvalue weighted by atomic mass is 35.5. The van der Waals surface area contributed by atoms with Crippen LogP contribution in [-0.4, -0.2) is 39.2 Å². The topological polar surface area (TPSA) is 24.5 Å². The third kappa shape index (κ3) is 2.48. The molecule has 18 heavy (non-hydrogen) atoms. The maximum absolute atomic E-state index is 6.26. The molecule has 2 rings (SSSR count). The Kier molecular flexibility index (Phi) is 4.15. The van der Waals surface area contributed by atoms with Crippen molar-refractivity contribution < 1.29 is 4.74 Å². The van der Waals surface area contributed by atoms with Gasteiger partial charge in [-0.2, -0.15) is 0 Å². The molecule has 1 aromatic carbocycles. The minimum atomic E-state index is 0.412. The number of nitrogens with zero attached hydrogens (tertiary/aromatic N) is 1. The fraction of sp³-hybridized carbons (Fsp3) is 0.571. The monoisotopic (exact) mass is 268 g/mol. The summed E-state index contributed by atoms with van der Waals surface area (Å²) in [6.07, 6.45) is 0. The standard InChI is InChI=1S/C14H21ClN2O/c1-9-5-13(18-4)12(15)6-11(9)14(17(2)3)10-7-16-8-10/h5-6,10,14,16H,7-8H2,1-4H3. The first-order valence-corrected chi connectivity index (χ1v) is 6.63. The van der Waals surface area contributed by atoms with E-state index in [4.69, 9.17) is 16.3 Å². The van der Waals surface area contributed by atoms with Crippen molar-refractivity contribution in [1.29, 1.82) is 0 Å². The average molecular weight is 269 g/mol. The van der Waals surface area contributed by atoms with Gasteiger partial charge in [0.05, 0.1) is 12.1 Å². The molecule has 1 atom stereocenters. The lowest BCUT2D eigenvalue weighted by Gasteiger charge is -2.39. The molecule has 1 heterocycles. The quantitative estimate of drug-likeness (QED) is 0.908. The van der Waals surface area contributed by atoms with Crippen molar-refractivity contribution in [2.75, 3.05) is 34.3 Å². The van der Waals surface area contributed by atoms with Crippen LogP contribution in [0.15, 0.2) is 12.1 Å². The van der Waals surface area contributed by atoms with Crippen LogP contribution in [0.2, 0.25) is 5.02 Å². The number of hydrogen-bond acceptors (Lipinski definition) is 3. The molecule has 1 fully saturated rings. The highest BCUT2D eigenvalue weighted by Gasteiger charge is 2.31. The van der Waals surface area contributed by atoms with Gasteiger partial charge in [0.2, 0.25) is 0 Å². The summed E-state index contributed by atoms with van der Waals surface area (Å²) in [6.45, 7) is 4.27. The van der Waals surface area contributed by atoms with Crippen LogP contribution in [0, 0.1) is 12.8 Å². The van der Waals surface area contributed by atoms with Gasteiger partial charge >= 0.3 is 0 Å². The van der Waals surface area contributed by atoms with Gasteiger partial charge in [-0.3, -0.25) is 0 Å². The van der Waals surface area contributed by atoms with Crippen LogP contribution in [0.1, 0.15) is 17.2 Å². The molecule has 1 aromatic rings. The first kappa shape index (κ1) is 13.7. The maximum atomic E-state index is 6.26. The maximum Gasteiger partial charge on any atom is 0.137 e. The summed E-state index contributed by atoms with van der Waals surface area (Å²) in [7, 11) is 5.90. The fourth-order valence-corrected chi connectivity index (χ4v) is 2.88. The van der Waals surface area contributed by atoms with Crippen LogP contribution in [0.5, 0.6) is 5.75 Å². The van der Waals surface area contributed by atoms with Gasteiger partial charge in [-0.25, -0.2) is 0 Å². The normalized spacial score (nSPS) is 17.7. The minimum Gasteiger partial charge on any atom is -0.495 e. The summed E-state index contributed by atoms with van der Waals surface area (Å²) in [6, 6.07) is 4.49. The number of hydrogen-bond donors (Lipinski definition) is 1. The Morgan fingerprint density at radius 3 is 2.50 bits per heavy atom. The molecule has 0 bridgehead atoms. The Morgan fingerprint density at radius 1 is 1.39 bits per heavy atom. The van der Waals surface area contributed by atoms with E-state index in [0.717, 1.165) is 18.8 Å². The molecule has 0 amide bonds. The number of ether oxygens (including phenoxy) is 1. The van der Waals surface area contributed by atoms with Gasteiger partial charge in [-0.05, 0) is 44.3 Å². The number of aryl methyl sites for hydroxylation is 1. The Hall–Kier alpha value is -0.770. The van der Waals surface area contributed by atoms with Gasteiger partial charge in [0.1, 0.15) is 5.75 Å². The zero-order chi connectivity index (χ0) is 13.3. The van der Waals surface area contributed by atoms with Crippen LogP contribution in [0.25, 0.3) is 0 Å². The Morgan fingerprint density at radius 2 is 2.06 bits per heavy atom. The van der Waals surface area contributed by atoms with Crippen molar-refractivity contribution in [3.8, 4) is 5.75 Å². The highest BCUT2D eigenvalue weighted by molar-refractivity contribution is 6.32. The van der Waals surface area contributed by atoms with Crippen LogP contribution >= 0.6 is 11.6 Å². The predicted octanol–water partition coefficient (Wildman–Crippen LogP) is 2.48. The van der Waals surface area contributed by atoms with Gasteiger partial charge in [0, 0.05) is 25.0 Å². The van der Waals surface area contributed by atoms with Crippen molar-refractivity contribution in [2.45, 2.75) is 13.0 Å². The zero-order valence-electron chi connectivity index (χ0n) is 11.5. The van der Waals surface area contributed by atoms with Crippen molar-refractivity contribution in [1.82, 2.24) is 10.2 Å². The SMILES string of the molecule is COc1cc(C)c(C(C2CNC2)N(C)C)cc1Cl. The third-order valence-electron chi connectivity index (χ3n) is 3.68. The van der Waals surface area contributed by atoms with E-state index in [-0.39, 0.29) is 0 Å². The largest absolute Gasteiger partial charge is 0.495 e. The van der Waals surface area contributed by atoms with Crippen molar-refractivity contribution in [3.05, 3.63) is 28.3 Å². The lowest BCUT2D eigenvalue weighted by atomic mass is 9.85. The smallest absolute Gasteiger partial charge is 0.137 e. The van der Waals surface area contributed by atoms with Gasteiger partial charge < -0.3 is 15.0 Å².